The fraction of sp³-hybridized carbons (Fsp3) is 0.375. The van der Waals surface area contributed by atoms with E-state index in [1.54, 1.807) is 6.26 Å². The molecule has 1 N–H and O–H groups in total. The standard InChI is InChI=1S/C8H7F3O3S2/c1-15-5-2-4(6(16-5)7(12)13)14-3-8(9,10)11/h2H,3H2,1H3,(H,12,13). The van der Waals surface area contributed by atoms with Crippen LogP contribution in [0, 0.1) is 0 Å². The second-order valence-electron chi connectivity index (χ2n) is 2.67. The fourth-order valence-corrected chi connectivity index (χ4v) is 2.35. The van der Waals surface area contributed by atoms with Crippen LogP contribution in [0.4, 0.5) is 13.2 Å². The second kappa shape index (κ2) is 4.96. The Morgan fingerprint density at radius 1 is 1.62 bits per heavy atom. The van der Waals surface area contributed by atoms with E-state index in [1.807, 2.05) is 0 Å². The first-order chi connectivity index (χ1) is 7.33. The van der Waals surface area contributed by atoms with Crippen LogP contribution >= 0.6 is 23.1 Å². The van der Waals surface area contributed by atoms with E-state index < -0.39 is 18.8 Å². The zero-order valence-corrected chi connectivity index (χ0v) is 9.63. The summed E-state index contributed by atoms with van der Waals surface area (Å²) in [5.74, 6) is -1.53. The average Bonchev–Trinajstić information content (AvgIpc) is 2.56. The van der Waals surface area contributed by atoms with E-state index in [2.05, 4.69) is 4.74 Å². The number of hydrogen-bond acceptors (Lipinski definition) is 4. The predicted octanol–water partition coefficient (Wildman–Crippen LogP) is 3.11. The highest BCUT2D eigenvalue weighted by atomic mass is 32.2. The Morgan fingerprint density at radius 2 is 2.25 bits per heavy atom. The van der Waals surface area contributed by atoms with Crippen LogP contribution < -0.4 is 4.74 Å². The quantitative estimate of drug-likeness (QED) is 0.855. The normalized spacial score (nSPS) is 11.5. The van der Waals surface area contributed by atoms with Gasteiger partial charge in [-0.25, -0.2) is 4.79 Å². The summed E-state index contributed by atoms with van der Waals surface area (Å²) in [5.41, 5.74) is 0. The van der Waals surface area contributed by atoms with E-state index in [0.29, 0.717) is 4.21 Å². The number of alkyl halides is 3. The van der Waals surface area contributed by atoms with Crippen LogP contribution in [0.25, 0.3) is 0 Å². The van der Waals surface area contributed by atoms with Crippen molar-refractivity contribution in [2.24, 2.45) is 0 Å². The monoisotopic (exact) mass is 272 g/mol. The first kappa shape index (κ1) is 13.2. The lowest BCUT2D eigenvalue weighted by molar-refractivity contribution is -0.153. The van der Waals surface area contributed by atoms with Crippen LogP contribution in [0.1, 0.15) is 9.67 Å². The van der Waals surface area contributed by atoms with E-state index in [9.17, 15) is 18.0 Å². The molecule has 90 valence electrons. The lowest BCUT2D eigenvalue weighted by Crippen LogP contribution is -2.19. The lowest BCUT2D eigenvalue weighted by Gasteiger charge is -2.07. The topological polar surface area (TPSA) is 46.5 Å². The number of carboxylic acids is 1. The van der Waals surface area contributed by atoms with Crippen LogP contribution in [0.15, 0.2) is 10.3 Å². The van der Waals surface area contributed by atoms with Gasteiger partial charge in [-0.3, -0.25) is 0 Å². The number of thioether (sulfide) groups is 1. The maximum atomic E-state index is 11.9. The van der Waals surface area contributed by atoms with Crippen molar-refractivity contribution >= 4 is 29.1 Å². The molecule has 0 saturated carbocycles. The Labute approximate surface area is 97.2 Å². The third kappa shape index (κ3) is 3.60. The molecule has 1 aromatic rings. The Bertz CT molecular complexity index is 386. The zero-order valence-electron chi connectivity index (χ0n) is 8.00. The molecule has 0 aliphatic rings. The first-order valence-corrected chi connectivity index (χ1v) is 5.98. The summed E-state index contributed by atoms with van der Waals surface area (Å²) >= 11 is 2.14. The van der Waals surface area contributed by atoms with Crippen molar-refractivity contribution in [3.05, 3.63) is 10.9 Å². The van der Waals surface area contributed by atoms with Crippen molar-refractivity contribution in [3.8, 4) is 5.75 Å². The maximum absolute atomic E-state index is 11.9. The minimum absolute atomic E-state index is 0.214. The van der Waals surface area contributed by atoms with Crippen LogP contribution in [0.3, 0.4) is 0 Å². The van der Waals surface area contributed by atoms with Crippen molar-refractivity contribution in [1.29, 1.82) is 0 Å². The molecule has 0 amide bonds. The number of hydrogen-bond donors (Lipinski definition) is 1. The van der Waals surface area contributed by atoms with Gasteiger partial charge in [0.1, 0.15) is 5.75 Å². The largest absolute Gasteiger partial charge is 0.482 e. The smallest absolute Gasteiger partial charge is 0.422 e. The van der Waals surface area contributed by atoms with Gasteiger partial charge >= 0.3 is 12.1 Å². The molecule has 16 heavy (non-hydrogen) atoms. The second-order valence-corrected chi connectivity index (χ2v) is 4.83. The molecular weight excluding hydrogens is 265 g/mol. The van der Waals surface area contributed by atoms with Crippen LogP contribution in [0.2, 0.25) is 0 Å². The number of halogens is 3. The van der Waals surface area contributed by atoms with Gasteiger partial charge in [0.15, 0.2) is 11.5 Å². The highest BCUT2D eigenvalue weighted by molar-refractivity contribution is 8.00. The molecule has 3 nitrogen and oxygen atoms in total. The summed E-state index contributed by atoms with van der Waals surface area (Å²) in [6.45, 7) is -1.49. The predicted molar refractivity (Wildman–Crippen MR) is 54.6 cm³/mol. The minimum atomic E-state index is -4.47. The van der Waals surface area contributed by atoms with Gasteiger partial charge in [-0.05, 0) is 6.26 Å². The van der Waals surface area contributed by atoms with Crippen LogP contribution in [0.5, 0.6) is 5.75 Å². The summed E-state index contributed by atoms with van der Waals surface area (Å²) in [4.78, 5) is 10.5. The SMILES string of the molecule is CSc1cc(OCC(F)(F)F)c(C(=O)O)s1. The molecule has 0 atom stereocenters. The molecule has 1 rings (SSSR count). The summed E-state index contributed by atoms with van der Waals surface area (Å²) in [5, 5.41) is 8.74. The molecule has 1 heterocycles. The number of carboxylic acid groups (broad SMARTS) is 1. The molecule has 1 aromatic heterocycles. The van der Waals surface area contributed by atoms with Crippen LogP contribution in [-0.2, 0) is 0 Å². The maximum Gasteiger partial charge on any atom is 0.422 e. The summed E-state index contributed by atoms with van der Waals surface area (Å²) in [6, 6.07) is 1.30. The van der Waals surface area contributed by atoms with Gasteiger partial charge in [-0.15, -0.1) is 23.1 Å². The highest BCUT2D eigenvalue weighted by Crippen LogP contribution is 2.35. The Balaban J connectivity index is 2.85. The number of aromatic carboxylic acids is 1. The number of thiophene rings is 1. The molecule has 0 aliphatic heterocycles. The van der Waals surface area contributed by atoms with Gasteiger partial charge in [0.25, 0.3) is 0 Å². The molecule has 0 radical (unpaired) electrons. The number of rotatable bonds is 4. The first-order valence-electron chi connectivity index (χ1n) is 3.94. The highest BCUT2D eigenvalue weighted by Gasteiger charge is 2.30. The van der Waals surface area contributed by atoms with Crippen molar-refractivity contribution in [2.45, 2.75) is 10.4 Å². The molecule has 0 spiro atoms. The van der Waals surface area contributed by atoms with E-state index >= 15 is 0 Å². The Kier molecular flexibility index (Phi) is 4.09. The molecule has 0 unspecified atom stereocenters. The third-order valence-corrected chi connectivity index (χ3v) is 3.63. The molecule has 0 fully saturated rings. The molecule has 0 aromatic carbocycles. The van der Waals surface area contributed by atoms with Gasteiger partial charge in [0.05, 0.1) is 4.21 Å². The third-order valence-electron chi connectivity index (χ3n) is 1.46. The zero-order chi connectivity index (χ0) is 12.3. The average molecular weight is 272 g/mol. The summed E-state index contributed by atoms with van der Waals surface area (Å²) < 4.78 is 40.7. The molecule has 8 heteroatoms. The van der Waals surface area contributed by atoms with E-state index in [-0.39, 0.29) is 10.6 Å². The van der Waals surface area contributed by atoms with Crippen LogP contribution in [-0.4, -0.2) is 30.1 Å². The summed E-state index contributed by atoms with van der Waals surface area (Å²) in [7, 11) is 0. The molecule has 0 aliphatic carbocycles. The van der Waals surface area contributed by atoms with Crippen molar-refractivity contribution in [2.75, 3.05) is 12.9 Å². The lowest BCUT2D eigenvalue weighted by atomic mass is 10.4. The van der Waals surface area contributed by atoms with E-state index in [1.165, 1.54) is 17.8 Å². The van der Waals surface area contributed by atoms with E-state index in [4.69, 9.17) is 5.11 Å². The van der Waals surface area contributed by atoms with Gasteiger partial charge in [0.2, 0.25) is 0 Å². The molecule has 0 bridgehead atoms. The number of carbonyl (C=O) groups is 1. The Hall–Kier alpha value is -0.890. The van der Waals surface area contributed by atoms with Gasteiger partial charge < -0.3 is 9.84 Å². The van der Waals surface area contributed by atoms with Crippen molar-refractivity contribution in [1.82, 2.24) is 0 Å². The van der Waals surface area contributed by atoms with Crippen molar-refractivity contribution < 1.29 is 27.8 Å². The molecule has 0 saturated heterocycles. The Morgan fingerprint density at radius 3 is 2.69 bits per heavy atom. The minimum Gasteiger partial charge on any atom is -0.482 e. The fourth-order valence-electron chi connectivity index (χ4n) is 0.869. The van der Waals surface area contributed by atoms with Gasteiger partial charge in [-0.2, -0.15) is 13.2 Å². The molecular formula is C8H7F3O3S2. The summed E-state index contributed by atoms with van der Waals surface area (Å²) in [6.07, 6.45) is -2.78. The van der Waals surface area contributed by atoms with Gasteiger partial charge in [0, 0.05) is 6.07 Å². The number of ether oxygens (including phenoxy) is 1. The van der Waals surface area contributed by atoms with Gasteiger partial charge in [-0.1, -0.05) is 0 Å². The van der Waals surface area contributed by atoms with E-state index in [0.717, 1.165) is 11.3 Å². The van der Waals surface area contributed by atoms with Crippen molar-refractivity contribution in [3.63, 3.8) is 0 Å².